The highest BCUT2D eigenvalue weighted by atomic mass is 16.5. The number of hydrogen-bond acceptors (Lipinski definition) is 7. The smallest absolute Gasteiger partial charge is 0.356 e. The minimum Gasteiger partial charge on any atom is -0.467 e. The Kier molecular flexibility index (Phi) is 6.61. The summed E-state index contributed by atoms with van der Waals surface area (Å²) in [5.41, 5.74) is 0.957. The van der Waals surface area contributed by atoms with Gasteiger partial charge in [0.05, 0.1) is 49.1 Å². The molecule has 182 valence electrons. The van der Waals surface area contributed by atoms with Crippen LogP contribution in [-0.4, -0.2) is 45.3 Å². The fourth-order valence-electron chi connectivity index (χ4n) is 3.65. The van der Waals surface area contributed by atoms with Gasteiger partial charge in [0.1, 0.15) is 11.4 Å². The molecule has 1 aromatic carbocycles. The lowest BCUT2D eigenvalue weighted by Crippen LogP contribution is -2.39. The van der Waals surface area contributed by atoms with E-state index in [9.17, 15) is 14.7 Å². The molecule has 3 aromatic heterocycles. The molecule has 0 aliphatic carbocycles. The van der Waals surface area contributed by atoms with Crippen molar-refractivity contribution in [2.45, 2.75) is 39.0 Å². The number of carbonyl (C=O) groups is 2. The lowest BCUT2D eigenvalue weighted by Gasteiger charge is -2.27. The van der Waals surface area contributed by atoms with E-state index in [1.54, 1.807) is 73.3 Å². The second kappa shape index (κ2) is 9.63. The molecule has 0 spiro atoms. The summed E-state index contributed by atoms with van der Waals surface area (Å²) in [4.78, 5) is 30.6. The van der Waals surface area contributed by atoms with Crippen LogP contribution in [0.1, 0.15) is 47.4 Å². The number of esters is 1. The third-order valence-electron chi connectivity index (χ3n) is 5.89. The number of pyridine rings is 1. The molecule has 4 rings (SSSR count). The Bertz CT molecular complexity index is 1340. The summed E-state index contributed by atoms with van der Waals surface area (Å²) in [6.07, 6.45) is 3.16. The van der Waals surface area contributed by atoms with E-state index < -0.39 is 11.6 Å². The number of carbonyl (C=O) groups excluding carboxylic acids is 2. The lowest BCUT2D eigenvalue weighted by molar-refractivity contribution is 0.0590. The number of anilines is 2. The van der Waals surface area contributed by atoms with Crippen LogP contribution in [0.15, 0.2) is 65.4 Å². The summed E-state index contributed by atoms with van der Waals surface area (Å²) in [7, 11) is 1.28. The summed E-state index contributed by atoms with van der Waals surface area (Å²) in [6.45, 7) is 5.47. The first-order valence-electron chi connectivity index (χ1n) is 11.2. The predicted molar refractivity (Wildman–Crippen MR) is 133 cm³/mol. The third-order valence-corrected chi connectivity index (χ3v) is 5.89. The normalized spacial score (nSPS) is 12.4. The van der Waals surface area contributed by atoms with E-state index in [4.69, 9.17) is 9.15 Å². The maximum absolute atomic E-state index is 13.1. The van der Waals surface area contributed by atoms with Gasteiger partial charge in [0, 0.05) is 10.9 Å². The number of aliphatic hydroxyl groups is 1. The molecule has 0 saturated heterocycles. The van der Waals surface area contributed by atoms with Crippen molar-refractivity contribution in [3.05, 3.63) is 78.0 Å². The largest absolute Gasteiger partial charge is 0.467 e. The molecular formula is C26H28N4O5. The molecule has 0 bridgehead atoms. The number of fused-ring (bicyclic) bond motifs is 1. The molecule has 35 heavy (non-hydrogen) atoms. The van der Waals surface area contributed by atoms with Crippen molar-refractivity contribution in [2.24, 2.45) is 0 Å². The van der Waals surface area contributed by atoms with Crippen molar-refractivity contribution in [2.75, 3.05) is 17.7 Å². The van der Waals surface area contributed by atoms with Crippen LogP contribution >= 0.6 is 0 Å². The van der Waals surface area contributed by atoms with Crippen molar-refractivity contribution in [1.82, 2.24) is 9.55 Å². The number of aromatic nitrogens is 2. The summed E-state index contributed by atoms with van der Waals surface area (Å²) < 4.78 is 12.2. The highest BCUT2D eigenvalue weighted by molar-refractivity contribution is 6.14. The number of methoxy groups -OCH3 is 1. The van der Waals surface area contributed by atoms with Crippen LogP contribution in [0, 0.1) is 0 Å². The molecular weight excluding hydrogens is 448 g/mol. The first-order chi connectivity index (χ1) is 16.7. The molecule has 1 atom stereocenters. The van der Waals surface area contributed by atoms with Crippen LogP contribution in [0.5, 0.6) is 0 Å². The Morgan fingerprint density at radius 2 is 1.94 bits per heavy atom. The van der Waals surface area contributed by atoms with Gasteiger partial charge < -0.3 is 29.5 Å². The van der Waals surface area contributed by atoms with Crippen molar-refractivity contribution >= 4 is 34.3 Å². The SMILES string of the molecule is COC(=O)c1c(NC(=O)c2ccccc2)c2cc(NC(C)C(C)(C)O)cnc2n1Cc1ccco1. The second-order valence-electron chi connectivity index (χ2n) is 8.82. The Balaban J connectivity index is 1.88. The number of rotatable bonds is 8. The Hall–Kier alpha value is -4.11. The number of hydrogen-bond donors (Lipinski definition) is 3. The zero-order valence-corrected chi connectivity index (χ0v) is 20.0. The summed E-state index contributed by atoms with van der Waals surface area (Å²) >= 11 is 0. The summed E-state index contributed by atoms with van der Waals surface area (Å²) in [5.74, 6) is -0.402. The van der Waals surface area contributed by atoms with Gasteiger partial charge in [-0.05, 0) is 51.1 Å². The zero-order valence-electron chi connectivity index (χ0n) is 20.0. The van der Waals surface area contributed by atoms with E-state index in [0.29, 0.717) is 28.0 Å². The molecule has 0 radical (unpaired) electrons. The van der Waals surface area contributed by atoms with E-state index in [0.717, 1.165) is 0 Å². The van der Waals surface area contributed by atoms with Gasteiger partial charge in [0.25, 0.3) is 5.91 Å². The average Bonchev–Trinajstić information content (AvgIpc) is 3.45. The van der Waals surface area contributed by atoms with Gasteiger partial charge in [0.2, 0.25) is 0 Å². The zero-order chi connectivity index (χ0) is 25.2. The number of nitrogens with one attached hydrogen (secondary N) is 2. The fourth-order valence-corrected chi connectivity index (χ4v) is 3.65. The van der Waals surface area contributed by atoms with Gasteiger partial charge in [-0.3, -0.25) is 4.79 Å². The molecule has 0 aliphatic rings. The number of ether oxygens (including phenoxy) is 1. The Morgan fingerprint density at radius 3 is 2.57 bits per heavy atom. The quantitative estimate of drug-likeness (QED) is 0.325. The number of nitrogens with zero attached hydrogens (tertiary/aromatic N) is 2. The van der Waals surface area contributed by atoms with E-state index >= 15 is 0 Å². The Morgan fingerprint density at radius 1 is 1.20 bits per heavy atom. The Labute approximate surface area is 202 Å². The van der Waals surface area contributed by atoms with E-state index in [1.165, 1.54) is 7.11 Å². The van der Waals surface area contributed by atoms with E-state index in [2.05, 4.69) is 15.6 Å². The standard InChI is InChI=1S/C26H28N4O5/c1-16(26(2,3)33)28-18-13-20-21(29-24(31)17-9-6-5-7-10-17)22(25(32)34-4)30(23(20)27-14-18)15-19-11-8-12-35-19/h5-14,16,28,33H,15H2,1-4H3,(H,29,31). The molecule has 9 heteroatoms. The van der Waals surface area contributed by atoms with Gasteiger partial charge in [-0.25, -0.2) is 9.78 Å². The molecule has 3 N–H and O–H groups in total. The summed E-state index contributed by atoms with van der Waals surface area (Å²) in [5, 5.41) is 17.0. The molecule has 0 fully saturated rings. The van der Waals surface area contributed by atoms with Crippen molar-refractivity contribution < 1.29 is 23.8 Å². The monoisotopic (exact) mass is 476 g/mol. The lowest BCUT2D eigenvalue weighted by atomic mass is 10.0. The topological polar surface area (TPSA) is 119 Å². The average molecular weight is 477 g/mol. The fraction of sp³-hybridized carbons (Fsp3) is 0.269. The van der Waals surface area contributed by atoms with E-state index in [1.807, 2.05) is 13.0 Å². The van der Waals surface area contributed by atoms with Gasteiger partial charge in [0.15, 0.2) is 5.69 Å². The maximum Gasteiger partial charge on any atom is 0.356 e. The van der Waals surface area contributed by atoms with Crippen LogP contribution < -0.4 is 10.6 Å². The molecule has 3 heterocycles. The van der Waals surface area contributed by atoms with Crippen molar-refractivity contribution in [3.63, 3.8) is 0 Å². The maximum atomic E-state index is 13.1. The molecule has 9 nitrogen and oxygen atoms in total. The first kappa shape index (κ1) is 24.0. The van der Waals surface area contributed by atoms with Crippen molar-refractivity contribution in [1.29, 1.82) is 0 Å². The minimum atomic E-state index is -0.984. The molecule has 1 amide bonds. The highest BCUT2D eigenvalue weighted by Crippen LogP contribution is 2.34. The van der Waals surface area contributed by atoms with Crippen molar-refractivity contribution in [3.8, 4) is 0 Å². The van der Waals surface area contributed by atoms with Crippen LogP contribution in [0.2, 0.25) is 0 Å². The molecule has 4 aromatic rings. The third kappa shape index (κ3) is 5.04. The molecule has 0 saturated carbocycles. The van der Waals surface area contributed by atoms with E-state index in [-0.39, 0.29) is 29.9 Å². The first-order valence-corrected chi connectivity index (χ1v) is 11.2. The molecule has 0 aliphatic heterocycles. The van der Waals surface area contributed by atoms with Gasteiger partial charge in [-0.2, -0.15) is 0 Å². The molecule has 1 unspecified atom stereocenters. The van der Waals surface area contributed by atoms with Crippen LogP contribution in [-0.2, 0) is 11.3 Å². The van der Waals surface area contributed by atoms with Crippen LogP contribution in [0.3, 0.4) is 0 Å². The van der Waals surface area contributed by atoms with Gasteiger partial charge >= 0.3 is 5.97 Å². The predicted octanol–water partition coefficient (Wildman–Crippen LogP) is 4.29. The number of amides is 1. The van der Waals surface area contributed by atoms with Crippen LogP contribution in [0.4, 0.5) is 11.4 Å². The van der Waals surface area contributed by atoms with Gasteiger partial charge in [-0.1, -0.05) is 18.2 Å². The number of furan rings is 1. The minimum absolute atomic E-state index is 0.142. The van der Waals surface area contributed by atoms with Gasteiger partial charge in [-0.15, -0.1) is 0 Å². The highest BCUT2D eigenvalue weighted by Gasteiger charge is 2.28. The second-order valence-corrected chi connectivity index (χ2v) is 8.82. The summed E-state index contributed by atoms with van der Waals surface area (Å²) in [6, 6.07) is 13.7. The number of benzene rings is 1. The van der Waals surface area contributed by atoms with Crippen LogP contribution in [0.25, 0.3) is 11.0 Å².